The van der Waals surface area contributed by atoms with Crippen LogP contribution >= 0.6 is 0 Å². The van der Waals surface area contributed by atoms with Crippen LogP contribution in [0.25, 0.3) is 0 Å². The van der Waals surface area contributed by atoms with E-state index >= 15 is 0 Å². The Morgan fingerprint density at radius 3 is 2.33 bits per heavy atom. The Labute approximate surface area is 112 Å². The van der Waals surface area contributed by atoms with Crippen LogP contribution < -0.4 is 0 Å². The summed E-state index contributed by atoms with van der Waals surface area (Å²) in [5, 5.41) is 10.0. The number of carbonyl (C=O) groups is 1. The van der Waals surface area contributed by atoms with Crippen molar-refractivity contribution in [3.05, 3.63) is 11.6 Å². The highest BCUT2D eigenvalue weighted by atomic mass is 16.3. The molecule has 2 nitrogen and oxygen atoms in total. The third-order valence-electron chi connectivity index (χ3n) is 4.14. The summed E-state index contributed by atoms with van der Waals surface area (Å²) in [6, 6.07) is 0. The van der Waals surface area contributed by atoms with E-state index < -0.39 is 5.60 Å². The Bertz CT molecular complexity index is 277. The lowest BCUT2D eigenvalue weighted by Gasteiger charge is -2.46. The fourth-order valence-electron chi connectivity index (χ4n) is 3.20. The Kier molecular flexibility index (Phi) is 6.83. The van der Waals surface area contributed by atoms with E-state index in [0.717, 1.165) is 18.8 Å². The molecule has 0 aromatic carbocycles. The molecule has 1 saturated carbocycles. The maximum absolute atomic E-state index is 10.0. The van der Waals surface area contributed by atoms with Gasteiger partial charge in [-0.15, -0.1) is 0 Å². The molecule has 0 amide bonds. The predicted octanol–water partition coefficient (Wildman–Crippen LogP) is 4.13. The normalized spacial score (nSPS) is 32.8. The summed E-state index contributed by atoms with van der Waals surface area (Å²) in [5.74, 6) is 0.733. The van der Waals surface area contributed by atoms with Crippen molar-refractivity contribution < 1.29 is 9.90 Å². The van der Waals surface area contributed by atoms with E-state index in [1.54, 1.807) is 0 Å². The topological polar surface area (TPSA) is 37.3 Å². The quantitative estimate of drug-likeness (QED) is 0.660. The molecule has 0 bridgehead atoms. The number of hydrogen-bond acceptors (Lipinski definition) is 2. The van der Waals surface area contributed by atoms with E-state index in [1.807, 2.05) is 27.6 Å². The van der Waals surface area contributed by atoms with Crippen LogP contribution in [0.4, 0.5) is 0 Å². The summed E-state index contributed by atoms with van der Waals surface area (Å²) in [6.07, 6.45) is 7.94. The monoisotopic (exact) mass is 254 g/mol. The molecule has 106 valence electrons. The Hall–Kier alpha value is -0.630. The second-order valence-electron chi connectivity index (χ2n) is 6.07. The van der Waals surface area contributed by atoms with Crippen LogP contribution in [0.2, 0.25) is 0 Å². The fraction of sp³-hybridized carbons (Fsp3) is 0.812. The van der Waals surface area contributed by atoms with Crippen molar-refractivity contribution in [2.45, 2.75) is 72.3 Å². The van der Waals surface area contributed by atoms with Gasteiger partial charge in [0, 0.05) is 0 Å². The first kappa shape index (κ1) is 17.4. The minimum absolute atomic E-state index is 0.435. The molecule has 1 fully saturated rings. The first-order chi connectivity index (χ1) is 8.41. The lowest BCUT2D eigenvalue weighted by Crippen LogP contribution is -2.39. The average Bonchev–Trinajstić information content (AvgIpc) is 2.32. The largest absolute Gasteiger partial charge is 0.390 e. The number of fused-ring (bicyclic) bond motifs is 1. The molecular formula is C16H30O2. The highest BCUT2D eigenvalue weighted by Crippen LogP contribution is 2.49. The molecule has 2 rings (SSSR count). The van der Waals surface area contributed by atoms with Gasteiger partial charge in [-0.25, -0.2) is 0 Å². The van der Waals surface area contributed by atoms with Gasteiger partial charge in [-0.3, -0.25) is 0 Å². The Morgan fingerprint density at radius 1 is 1.22 bits per heavy atom. The van der Waals surface area contributed by atoms with Gasteiger partial charge in [0.25, 0.3) is 0 Å². The highest BCUT2D eigenvalue weighted by molar-refractivity contribution is 5.19. The Morgan fingerprint density at radius 2 is 1.78 bits per heavy atom. The van der Waals surface area contributed by atoms with Crippen LogP contribution in [0.1, 0.15) is 66.7 Å². The molecule has 0 aromatic rings. The van der Waals surface area contributed by atoms with E-state index in [0.29, 0.717) is 5.41 Å². The maximum atomic E-state index is 10.0. The van der Waals surface area contributed by atoms with Crippen molar-refractivity contribution in [3.63, 3.8) is 0 Å². The van der Waals surface area contributed by atoms with Gasteiger partial charge in [-0.05, 0) is 50.4 Å². The lowest BCUT2D eigenvalue weighted by molar-refractivity contribution is -0.0980. The summed E-state index contributed by atoms with van der Waals surface area (Å²) in [7, 11) is 0. The first-order valence-corrected chi connectivity index (χ1v) is 7.11. The van der Waals surface area contributed by atoms with Gasteiger partial charge in [0.1, 0.15) is 6.79 Å². The molecule has 2 heteroatoms. The molecule has 0 saturated heterocycles. The number of aliphatic hydroxyl groups is 1. The summed E-state index contributed by atoms with van der Waals surface area (Å²) < 4.78 is 0. The van der Waals surface area contributed by atoms with E-state index in [9.17, 15) is 5.11 Å². The molecule has 2 atom stereocenters. The minimum Gasteiger partial charge on any atom is -0.390 e. The van der Waals surface area contributed by atoms with Crippen LogP contribution in [-0.2, 0) is 4.79 Å². The van der Waals surface area contributed by atoms with Crippen molar-refractivity contribution in [2.75, 3.05) is 0 Å². The van der Waals surface area contributed by atoms with Crippen LogP contribution in [0.3, 0.4) is 0 Å². The zero-order valence-corrected chi connectivity index (χ0v) is 12.8. The first-order valence-electron chi connectivity index (χ1n) is 7.11. The number of carbonyl (C=O) groups excluding carboxylic acids is 1. The molecule has 18 heavy (non-hydrogen) atoms. The van der Waals surface area contributed by atoms with Crippen LogP contribution in [-0.4, -0.2) is 17.5 Å². The fourth-order valence-corrected chi connectivity index (χ4v) is 3.20. The molecule has 2 aliphatic carbocycles. The smallest absolute Gasteiger partial charge is 0.106 e. The van der Waals surface area contributed by atoms with Gasteiger partial charge in [0.05, 0.1) is 5.60 Å². The van der Waals surface area contributed by atoms with E-state index in [4.69, 9.17) is 4.79 Å². The standard InChI is InChI=1S/C13H22O.C2H6.CH2O/c1-12(2)7-4-5-10-9-13(3,14)8-6-11(10)12;2*1-2/h5,11,14H,4,6-9H2,1-3H3;1-2H3;1H2. The third kappa shape index (κ3) is 4.24. The van der Waals surface area contributed by atoms with Gasteiger partial charge in [-0.1, -0.05) is 39.3 Å². The molecule has 0 aromatic heterocycles. The number of allylic oxidation sites excluding steroid dienone is 1. The molecule has 2 aliphatic rings. The van der Waals surface area contributed by atoms with E-state index in [1.165, 1.54) is 24.8 Å². The van der Waals surface area contributed by atoms with Gasteiger partial charge >= 0.3 is 0 Å². The molecule has 0 radical (unpaired) electrons. The molecule has 0 aliphatic heterocycles. The summed E-state index contributed by atoms with van der Waals surface area (Å²) in [5.41, 5.74) is 1.55. The second-order valence-corrected chi connectivity index (χ2v) is 6.07. The number of hydrogen-bond donors (Lipinski definition) is 1. The third-order valence-corrected chi connectivity index (χ3v) is 4.14. The molecule has 1 N–H and O–H groups in total. The number of rotatable bonds is 0. The van der Waals surface area contributed by atoms with E-state index in [-0.39, 0.29) is 0 Å². The van der Waals surface area contributed by atoms with Crippen LogP contribution in [0, 0.1) is 11.3 Å². The van der Waals surface area contributed by atoms with Crippen molar-refractivity contribution in [1.82, 2.24) is 0 Å². The molecule has 0 spiro atoms. The predicted molar refractivity (Wildman–Crippen MR) is 77.5 cm³/mol. The highest BCUT2D eigenvalue weighted by Gasteiger charge is 2.41. The SMILES string of the molecule is C=O.CC.CC1(O)CCC2C(=CCCC2(C)C)C1. The van der Waals surface area contributed by atoms with E-state index in [2.05, 4.69) is 19.9 Å². The maximum Gasteiger partial charge on any atom is 0.106 e. The van der Waals surface area contributed by atoms with Crippen molar-refractivity contribution in [2.24, 2.45) is 11.3 Å². The van der Waals surface area contributed by atoms with Gasteiger partial charge in [0.15, 0.2) is 0 Å². The Balaban J connectivity index is 0.000000659. The summed E-state index contributed by atoms with van der Waals surface area (Å²) in [4.78, 5) is 8.00. The van der Waals surface area contributed by atoms with Crippen LogP contribution in [0.5, 0.6) is 0 Å². The van der Waals surface area contributed by atoms with Gasteiger partial charge in [0.2, 0.25) is 0 Å². The van der Waals surface area contributed by atoms with Crippen molar-refractivity contribution >= 4 is 6.79 Å². The average molecular weight is 254 g/mol. The van der Waals surface area contributed by atoms with Crippen LogP contribution in [0.15, 0.2) is 11.6 Å². The second kappa shape index (κ2) is 7.08. The summed E-state index contributed by atoms with van der Waals surface area (Å²) in [6.45, 7) is 12.7. The van der Waals surface area contributed by atoms with Gasteiger partial charge < -0.3 is 9.90 Å². The van der Waals surface area contributed by atoms with Crippen molar-refractivity contribution in [1.29, 1.82) is 0 Å². The molecular weight excluding hydrogens is 224 g/mol. The lowest BCUT2D eigenvalue weighted by atomic mass is 9.61. The molecule has 0 heterocycles. The summed E-state index contributed by atoms with van der Waals surface area (Å²) >= 11 is 0. The zero-order chi connectivity index (χ0) is 14.4. The minimum atomic E-state index is -0.435. The van der Waals surface area contributed by atoms with Gasteiger partial charge in [-0.2, -0.15) is 0 Å². The molecule has 2 unspecified atom stereocenters. The zero-order valence-electron chi connectivity index (χ0n) is 12.8. The van der Waals surface area contributed by atoms with Crippen molar-refractivity contribution in [3.8, 4) is 0 Å².